The topological polar surface area (TPSA) is 6.48 Å². The van der Waals surface area contributed by atoms with Crippen molar-refractivity contribution in [3.63, 3.8) is 0 Å². The maximum absolute atomic E-state index is 2.39. The van der Waals surface area contributed by atoms with E-state index < -0.39 is 0 Å². The van der Waals surface area contributed by atoms with Gasteiger partial charge in [0.1, 0.15) is 0 Å². The average Bonchev–Trinajstić information content (AvgIpc) is 3.05. The maximum Gasteiger partial charge on any atom is 0.0546 e. The van der Waals surface area contributed by atoms with Gasteiger partial charge in [-0.25, -0.2) is 0 Å². The maximum atomic E-state index is 2.39. The lowest BCUT2D eigenvalue weighted by molar-refractivity contribution is 1.27. The van der Waals surface area contributed by atoms with Crippen molar-refractivity contribution >= 4 is 55.7 Å². The second-order valence-electron chi connectivity index (χ2n) is 11.9. The summed E-state index contributed by atoms with van der Waals surface area (Å²) in [6, 6.07) is 53.3. The van der Waals surface area contributed by atoms with Crippen LogP contribution < -0.4 is 9.80 Å². The summed E-state index contributed by atoms with van der Waals surface area (Å²) in [4.78, 5) is 4.74. The molecule has 214 valence electrons. The summed E-state index contributed by atoms with van der Waals surface area (Å²) in [7, 11) is 0. The first-order chi connectivity index (χ1) is 21.4. The minimum absolute atomic E-state index is 1.14. The number of benzene rings is 7. The fraction of sp³-hybridized carbons (Fsp3) is 0.0952. The van der Waals surface area contributed by atoms with E-state index >= 15 is 0 Å². The minimum atomic E-state index is 1.14. The Morgan fingerprint density at radius 3 is 1.16 bits per heavy atom. The highest BCUT2D eigenvalue weighted by Gasteiger charge is 2.19. The standard InChI is InChI=1S/C42H36N2/c1-29-9-18-34(19-10-29)43(35-20-11-30(2)12-21-35)38-26-17-33-27-42(40-8-6-5-7-39(40)41(33)28-38)44(36-22-13-31(3)14-23-36)37-24-15-32(4)16-25-37/h5-28H,1-4H3. The van der Waals surface area contributed by atoms with Crippen LogP contribution in [0, 0.1) is 27.7 Å². The van der Waals surface area contributed by atoms with Gasteiger partial charge < -0.3 is 9.80 Å². The van der Waals surface area contributed by atoms with Crippen LogP contribution in [-0.2, 0) is 0 Å². The molecule has 0 saturated heterocycles. The second-order valence-corrected chi connectivity index (χ2v) is 11.9. The molecule has 0 bridgehead atoms. The first-order valence-corrected chi connectivity index (χ1v) is 15.3. The molecule has 2 heteroatoms. The van der Waals surface area contributed by atoms with Gasteiger partial charge in [0.05, 0.1) is 5.69 Å². The first-order valence-electron chi connectivity index (χ1n) is 15.3. The largest absolute Gasteiger partial charge is 0.310 e. The van der Waals surface area contributed by atoms with Crippen LogP contribution in [-0.4, -0.2) is 0 Å². The van der Waals surface area contributed by atoms with Crippen LogP contribution in [0.2, 0.25) is 0 Å². The lowest BCUT2D eigenvalue weighted by atomic mass is 9.98. The van der Waals surface area contributed by atoms with E-state index in [2.05, 4.69) is 183 Å². The molecule has 0 unspecified atom stereocenters. The van der Waals surface area contributed by atoms with Crippen molar-refractivity contribution < 1.29 is 0 Å². The highest BCUT2D eigenvalue weighted by atomic mass is 15.1. The molecule has 0 N–H and O–H groups in total. The van der Waals surface area contributed by atoms with Crippen LogP contribution in [0.15, 0.2) is 146 Å². The predicted octanol–water partition coefficient (Wildman–Crippen LogP) is 12.2. The number of anilines is 6. The van der Waals surface area contributed by atoms with Crippen LogP contribution in [0.3, 0.4) is 0 Å². The third-order valence-corrected chi connectivity index (χ3v) is 8.49. The molecule has 0 amide bonds. The van der Waals surface area contributed by atoms with Crippen LogP contribution >= 0.6 is 0 Å². The molecule has 7 rings (SSSR count). The van der Waals surface area contributed by atoms with E-state index in [0.717, 1.165) is 28.4 Å². The minimum Gasteiger partial charge on any atom is -0.310 e. The summed E-state index contributed by atoms with van der Waals surface area (Å²) in [6.07, 6.45) is 0. The summed E-state index contributed by atoms with van der Waals surface area (Å²) < 4.78 is 0. The van der Waals surface area contributed by atoms with Crippen molar-refractivity contribution in [2.75, 3.05) is 9.80 Å². The fourth-order valence-corrected chi connectivity index (χ4v) is 6.04. The van der Waals surface area contributed by atoms with Crippen molar-refractivity contribution in [2.45, 2.75) is 27.7 Å². The summed E-state index contributed by atoms with van der Waals surface area (Å²) in [6.45, 7) is 8.55. The number of rotatable bonds is 6. The predicted molar refractivity (Wildman–Crippen MR) is 190 cm³/mol. The summed E-state index contributed by atoms with van der Waals surface area (Å²) >= 11 is 0. The van der Waals surface area contributed by atoms with Gasteiger partial charge in [-0.2, -0.15) is 0 Å². The molecule has 0 radical (unpaired) electrons. The van der Waals surface area contributed by atoms with Gasteiger partial charge in [-0.1, -0.05) is 101 Å². The van der Waals surface area contributed by atoms with Gasteiger partial charge in [-0.15, -0.1) is 0 Å². The third kappa shape index (κ3) is 5.20. The van der Waals surface area contributed by atoms with Gasteiger partial charge in [-0.3, -0.25) is 0 Å². The zero-order chi connectivity index (χ0) is 30.2. The normalized spacial score (nSPS) is 11.2. The van der Waals surface area contributed by atoms with Gasteiger partial charge >= 0.3 is 0 Å². The Bertz CT molecular complexity index is 1980. The molecule has 44 heavy (non-hydrogen) atoms. The van der Waals surface area contributed by atoms with Crippen LogP contribution in [0.25, 0.3) is 21.5 Å². The average molecular weight is 569 g/mol. The zero-order valence-corrected chi connectivity index (χ0v) is 25.8. The Balaban J connectivity index is 1.45. The zero-order valence-electron chi connectivity index (χ0n) is 25.8. The van der Waals surface area contributed by atoms with Gasteiger partial charge in [0, 0.05) is 33.8 Å². The van der Waals surface area contributed by atoms with E-state index in [1.807, 2.05) is 0 Å². The third-order valence-electron chi connectivity index (χ3n) is 8.49. The molecular formula is C42H36N2. The molecule has 0 aliphatic carbocycles. The Morgan fingerprint density at radius 1 is 0.318 bits per heavy atom. The number of aryl methyl sites for hydroxylation is 4. The highest BCUT2D eigenvalue weighted by Crippen LogP contribution is 2.44. The number of hydrogen-bond acceptors (Lipinski definition) is 2. The molecule has 0 heterocycles. The van der Waals surface area contributed by atoms with Gasteiger partial charge in [-0.05, 0) is 111 Å². The monoisotopic (exact) mass is 568 g/mol. The summed E-state index contributed by atoms with van der Waals surface area (Å²) in [5.41, 5.74) is 11.9. The van der Waals surface area contributed by atoms with E-state index in [1.54, 1.807) is 0 Å². The lowest BCUT2D eigenvalue weighted by Crippen LogP contribution is -2.11. The van der Waals surface area contributed by atoms with Crippen LogP contribution in [0.1, 0.15) is 22.3 Å². The van der Waals surface area contributed by atoms with E-state index in [4.69, 9.17) is 0 Å². The van der Waals surface area contributed by atoms with Crippen LogP contribution in [0.5, 0.6) is 0 Å². The van der Waals surface area contributed by atoms with Crippen molar-refractivity contribution in [3.05, 3.63) is 168 Å². The van der Waals surface area contributed by atoms with Crippen LogP contribution in [0.4, 0.5) is 34.1 Å². The number of hydrogen-bond donors (Lipinski definition) is 0. The van der Waals surface area contributed by atoms with Crippen molar-refractivity contribution in [3.8, 4) is 0 Å². The molecule has 0 saturated carbocycles. The first kappa shape index (κ1) is 27.5. The Hall–Kier alpha value is -5.34. The number of fused-ring (bicyclic) bond motifs is 3. The number of nitrogens with zero attached hydrogens (tertiary/aromatic N) is 2. The smallest absolute Gasteiger partial charge is 0.0546 e. The van der Waals surface area contributed by atoms with Gasteiger partial charge in [0.2, 0.25) is 0 Å². The SMILES string of the molecule is Cc1ccc(N(c2ccc(C)cc2)c2ccc3cc(N(c4ccc(C)cc4)c4ccc(C)cc4)c4ccccc4c3c2)cc1. The molecule has 0 spiro atoms. The summed E-state index contributed by atoms with van der Waals surface area (Å²) in [5.74, 6) is 0. The molecule has 2 nitrogen and oxygen atoms in total. The molecule has 0 aromatic heterocycles. The van der Waals surface area contributed by atoms with Crippen molar-refractivity contribution in [1.82, 2.24) is 0 Å². The Morgan fingerprint density at radius 2 is 0.705 bits per heavy atom. The van der Waals surface area contributed by atoms with E-state index in [0.29, 0.717) is 0 Å². The van der Waals surface area contributed by atoms with Crippen molar-refractivity contribution in [2.24, 2.45) is 0 Å². The second kappa shape index (κ2) is 11.4. The van der Waals surface area contributed by atoms with E-state index in [9.17, 15) is 0 Å². The summed E-state index contributed by atoms with van der Waals surface area (Å²) in [5, 5.41) is 4.90. The molecular weight excluding hydrogens is 532 g/mol. The van der Waals surface area contributed by atoms with E-state index in [1.165, 1.54) is 49.5 Å². The lowest BCUT2D eigenvalue weighted by Gasteiger charge is -2.29. The van der Waals surface area contributed by atoms with Gasteiger partial charge in [0.15, 0.2) is 0 Å². The molecule has 0 aliphatic rings. The molecule has 0 aliphatic heterocycles. The Kier molecular flexibility index (Phi) is 7.12. The molecule has 0 fully saturated rings. The van der Waals surface area contributed by atoms with Gasteiger partial charge in [0.25, 0.3) is 0 Å². The molecule has 7 aromatic rings. The molecule has 7 aromatic carbocycles. The fourth-order valence-electron chi connectivity index (χ4n) is 6.04. The Labute approximate surface area is 260 Å². The quantitative estimate of drug-likeness (QED) is 0.184. The van der Waals surface area contributed by atoms with Crippen molar-refractivity contribution in [1.29, 1.82) is 0 Å². The molecule has 0 atom stereocenters. The highest BCUT2D eigenvalue weighted by molar-refractivity contribution is 6.15. The van der Waals surface area contributed by atoms with E-state index in [-0.39, 0.29) is 0 Å².